The van der Waals surface area contributed by atoms with Crippen LogP contribution in [0.5, 0.6) is 0 Å². The van der Waals surface area contributed by atoms with Gasteiger partial charge in [0, 0.05) is 16.0 Å². The van der Waals surface area contributed by atoms with E-state index in [4.69, 9.17) is 22.3 Å². The van der Waals surface area contributed by atoms with Gasteiger partial charge in [0.15, 0.2) is 22.1 Å². The van der Waals surface area contributed by atoms with Crippen LogP contribution in [0, 0.1) is 6.92 Å². The van der Waals surface area contributed by atoms with Crippen LogP contribution in [0.1, 0.15) is 38.3 Å². The molecule has 3 rings (SSSR count). The van der Waals surface area contributed by atoms with Crippen LogP contribution >= 0.6 is 23.4 Å². The van der Waals surface area contributed by atoms with Crippen molar-refractivity contribution in [1.82, 2.24) is 19.5 Å². The Hall–Kier alpha value is -1.79. The van der Waals surface area contributed by atoms with Crippen LogP contribution in [0.25, 0.3) is 11.2 Å². The standard InChI is InChI=1S/C17H20ClN5S/c1-4-5-11(3)23-16-14(15(19)20-9-21-16)22-17(23)24-13-7-10(2)6-12(18)8-13/h6-9,11H,4-5H2,1-3H3,(H2,19,20,21). The van der Waals surface area contributed by atoms with Gasteiger partial charge in [-0.25, -0.2) is 15.0 Å². The molecular formula is C17H20ClN5S. The summed E-state index contributed by atoms with van der Waals surface area (Å²) in [5.74, 6) is 0.409. The van der Waals surface area contributed by atoms with E-state index in [-0.39, 0.29) is 6.04 Å². The number of benzene rings is 1. The van der Waals surface area contributed by atoms with Crippen LogP contribution in [0.4, 0.5) is 5.82 Å². The maximum Gasteiger partial charge on any atom is 0.175 e. The lowest BCUT2D eigenvalue weighted by atomic mass is 10.2. The van der Waals surface area contributed by atoms with Gasteiger partial charge >= 0.3 is 0 Å². The molecule has 0 saturated carbocycles. The molecule has 5 nitrogen and oxygen atoms in total. The Kier molecular flexibility index (Phi) is 4.96. The first-order chi connectivity index (χ1) is 11.5. The van der Waals surface area contributed by atoms with Gasteiger partial charge in [-0.1, -0.05) is 36.7 Å². The maximum atomic E-state index is 6.19. The van der Waals surface area contributed by atoms with E-state index in [2.05, 4.69) is 34.4 Å². The van der Waals surface area contributed by atoms with E-state index >= 15 is 0 Å². The average molecular weight is 362 g/mol. The van der Waals surface area contributed by atoms with Gasteiger partial charge in [0.25, 0.3) is 0 Å². The number of imidazole rings is 1. The van der Waals surface area contributed by atoms with Gasteiger partial charge < -0.3 is 10.3 Å². The van der Waals surface area contributed by atoms with E-state index in [0.717, 1.165) is 39.1 Å². The van der Waals surface area contributed by atoms with Crippen molar-refractivity contribution in [3.63, 3.8) is 0 Å². The molecule has 0 aliphatic carbocycles. The molecular weight excluding hydrogens is 342 g/mol. The van der Waals surface area contributed by atoms with Crippen molar-refractivity contribution in [2.75, 3.05) is 5.73 Å². The lowest BCUT2D eigenvalue weighted by Crippen LogP contribution is -2.07. The minimum Gasteiger partial charge on any atom is -0.382 e. The van der Waals surface area contributed by atoms with Gasteiger partial charge in [0.2, 0.25) is 0 Å². The summed E-state index contributed by atoms with van der Waals surface area (Å²) in [6.07, 6.45) is 3.62. The molecule has 0 aliphatic heterocycles. The number of nitrogen functional groups attached to an aromatic ring is 1. The van der Waals surface area contributed by atoms with Gasteiger partial charge in [-0.3, -0.25) is 0 Å². The Morgan fingerprint density at radius 1 is 1.29 bits per heavy atom. The van der Waals surface area contributed by atoms with Crippen molar-refractivity contribution in [3.05, 3.63) is 35.1 Å². The predicted molar refractivity (Wildman–Crippen MR) is 99.7 cm³/mol. The Labute approximate surface area is 150 Å². The lowest BCUT2D eigenvalue weighted by molar-refractivity contribution is 0.477. The Morgan fingerprint density at radius 2 is 2.08 bits per heavy atom. The van der Waals surface area contributed by atoms with Gasteiger partial charge in [-0.2, -0.15) is 0 Å². The SMILES string of the molecule is CCCC(C)n1c(Sc2cc(C)cc(Cl)c2)nc2c(N)ncnc21. The highest BCUT2D eigenvalue weighted by atomic mass is 35.5. The summed E-state index contributed by atoms with van der Waals surface area (Å²) in [4.78, 5) is 14.2. The van der Waals surface area contributed by atoms with Gasteiger partial charge in [-0.15, -0.1) is 0 Å². The molecule has 0 amide bonds. The fourth-order valence-electron chi connectivity index (χ4n) is 2.79. The zero-order valence-corrected chi connectivity index (χ0v) is 15.5. The van der Waals surface area contributed by atoms with Crippen LogP contribution in [-0.4, -0.2) is 19.5 Å². The molecule has 2 aromatic heterocycles. The molecule has 1 atom stereocenters. The minimum absolute atomic E-state index is 0.275. The molecule has 2 heterocycles. The average Bonchev–Trinajstić information content (AvgIpc) is 2.86. The number of rotatable bonds is 5. The molecule has 0 spiro atoms. The van der Waals surface area contributed by atoms with Crippen molar-refractivity contribution in [2.24, 2.45) is 0 Å². The van der Waals surface area contributed by atoms with E-state index in [1.807, 2.05) is 19.1 Å². The molecule has 2 N–H and O–H groups in total. The van der Waals surface area contributed by atoms with E-state index < -0.39 is 0 Å². The zero-order valence-electron chi connectivity index (χ0n) is 14.0. The van der Waals surface area contributed by atoms with Crippen LogP contribution < -0.4 is 5.73 Å². The molecule has 7 heteroatoms. The third-order valence-corrected chi connectivity index (χ3v) is 5.01. The highest BCUT2D eigenvalue weighted by molar-refractivity contribution is 7.99. The first-order valence-electron chi connectivity index (χ1n) is 7.93. The predicted octanol–water partition coefficient (Wildman–Crippen LogP) is 4.88. The first kappa shape index (κ1) is 17.0. The number of nitrogens with two attached hydrogens (primary N) is 1. The van der Waals surface area contributed by atoms with Crippen LogP contribution in [0.2, 0.25) is 5.02 Å². The second kappa shape index (κ2) is 6.99. The van der Waals surface area contributed by atoms with Crippen LogP contribution in [-0.2, 0) is 0 Å². The quantitative estimate of drug-likeness (QED) is 0.701. The molecule has 0 fully saturated rings. The number of hydrogen-bond acceptors (Lipinski definition) is 5. The summed E-state index contributed by atoms with van der Waals surface area (Å²) < 4.78 is 2.15. The first-order valence-corrected chi connectivity index (χ1v) is 9.12. The van der Waals surface area contributed by atoms with Crippen LogP contribution in [0.3, 0.4) is 0 Å². The summed E-state index contributed by atoms with van der Waals surface area (Å²) in [5.41, 5.74) is 8.55. The number of nitrogens with zero attached hydrogens (tertiary/aromatic N) is 4. The molecule has 24 heavy (non-hydrogen) atoms. The summed E-state index contributed by atoms with van der Waals surface area (Å²) in [6.45, 7) is 6.38. The van der Waals surface area contributed by atoms with E-state index in [1.54, 1.807) is 11.8 Å². The summed E-state index contributed by atoms with van der Waals surface area (Å²) in [5, 5.41) is 1.58. The molecule has 0 bridgehead atoms. The van der Waals surface area contributed by atoms with Gasteiger partial charge in [0.1, 0.15) is 6.33 Å². The zero-order chi connectivity index (χ0) is 17.3. The normalized spacial score (nSPS) is 12.7. The van der Waals surface area contributed by atoms with Crippen molar-refractivity contribution in [2.45, 2.75) is 49.7 Å². The minimum atomic E-state index is 0.275. The second-order valence-corrected chi connectivity index (χ2v) is 7.38. The second-order valence-electron chi connectivity index (χ2n) is 5.90. The maximum absolute atomic E-state index is 6.19. The summed E-state index contributed by atoms with van der Waals surface area (Å²) in [6, 6.07) is 6.26. The van der Waals surface area contributed by atoms with Crippen molar-refractivity contribution < 1.29 is 0 Å². The van der Waals surface area contributed by atoms with E-state index in [1.165, 1.54) is 6.33 Å². The Bertz CT molecular complexity index is 857. The molecule has 1 aromatic carbocycles. The fourth-order valence-corrected chi connectivity index (χ4v) is 4.29. The number of hydrogen-bond donors (Lipinski definition) is 1. The summed E-state index contributed by atoms with van der Waals surface area (Å²) >= 11 is 7.76. The lowest BCUT2D eigenvalue weighted by Gasteiger charge is -2.16. The highest BCUT2D eigenvalue weighted by Crippen LogP contribution is 2.35. The molecule has 3 aromatic rings. The molecule has 0 saturated heterocycles. The number of halogens is 1. The third kappa shape index (κ3) is 3.35. The number of fused-ring (bicyclic) bond motifs is 1. The monoisotopic (exact) mass is 361 g/mol. The molecule has 126 valence electrons. The third-order valence-electron chi connectivity index (χ3n) is 3.84. The molecule has 1 unspecified atom stereocenters. The molecule has 0 aliphatic rings. The number of aryl methyl sites for hydroxylation is 1. The van der Waals surface area contributed by atoms with Gasteiger partial charge in [-0.05, 0) is 44.0 Å². The van der Waals surface area contributed by atoms with Crippen molar-refractivity contribution in [1.29, 1.82) is 0 Å². The molecule has 0 radical (unpaired) electrons. The van der Waals surface area contributed by atoms with E-state index in [0.29, 0.717) is 11.3 Å². The highest BCUT2D eigenvalue weighted by Gasteiger charge is 2.19. The number of aromatic nitrogens is 4. The van der Waals surface area contributed by atoms with Gasteiger partial charge in [0.05, 0.1) is 0 Å². The fraction of sp³-hybridized carbons (Fsp3) is 0.353. The smallest absolute Gasteiger partial charge is 0.175 e. The largest absolute Gasteiger partial charge is 0.382 e. The van der Waals surface area contributed by atoms with Crippen molar-refractivity contribution >= 4 is 40.3 Å². The van der Waals surface area contributed by atoms with E-state index in [9.17, 15) is 0 Å². The van der Waals surface area contributed by atoms with Crippen molar-refractivity contribution in [3.8, 4) is 0 Å². The Morgan fingerprint density at radius 3 is 2.79 bits per heavy atom. The van der Waals surface area contributed by atoms with Crippen LogP contribution in [0.15, 0.2) is 34.6 Å². The Balaban J connectivity index is 2.11. The number of anilines is 1. The topological polar surface area (TPSA) is 69.6 Å². The summed E-state index contributed by atoms with van der Waals surface area (Å²) in [7, 11) is 0.